The quantitative estimate of drug-likeness (QED) is 0.631. The number of nitrogens with zero attached hydrogens (tertiary/aromatic N) is 3. The molecular formula is C16H32N4. The Morgan fingerprint density at radius 1 is 1.30 bits per heavy atom. The number of rotatable bonds is 4. The van der Waals surface area contributed by atoms with E-state index in [9.17, 15) is 0 Å². The highest BCUT2D eigenvalue weighted by Gasteiger charge is 2.53. The Kier molecular flexibility index (Phi) is 4.07. The van der Waals surface area contributed by atoms with Crippen LogP contribution in [0.3, 0.4) is 0 Å². The fourth-order valence-electron chi connectivity index (χ4n) is 3.14. The molecule has 0 spiro atoms. The molecule has 116 valence electrons. The van der Waals surface area contributed by atoms with Gasteiger partial charge in [-0.25, -0.2) is 0 Å². The number of guanidine groups is 1. The van der Waals surface area contributed by atoms with Crippen molar-refractivity contribution >= 4 is 5.96 Å². The van der Waals surface area contributed by atoms with Gasteiger partial charge in [-0.05, 0) is 46.7 Å². The van der Waals surface area contributed by atoms with Gasteiger partial charge >= 0.3 is 0 Å². The maximum Gasteiger partial charge on any atom is 0.194 e. The van der Waals surface area contributed by atoms with Gasteiger partial charge in [0.1, 0.15) is 0 Å². The van der Waals surface area contributed by atoms with Crippen molar-refractivity contribution in [3.63, 3.8) is 0 Å². The topological polar surface area (TPSA) is 30.9 Å². The summed E-state index contributed by atoms with van der Waals surface area (Å²) < 4.78 is 0. The van der Waals surface area contributed by atoms with Crippen LogP contribution < -0.4 is 5.32 Å². The van der Waals surface area contributed by atoms with Gasteiger partial charge in [0.25, 0.3) is 0 Å². The molecule has 0 amide bonds. The molecule has 1 aliphatic carbocycles. The third-order valence-corrected chi connectivity index (χ3v) is 5.65. The van der Waals surface area contributed by atoms with Crippen LogP contribution >= 0.6 is 0 Å². The second-order valence-electron chi connectivity index (χ2n) is 7.83. The standard InChI is InChI=1S/C16H32N4/c1-15(2)11-20(16(15,3)4)14(17-5)18-10-13(19(6)7)12-8-9-12/h12-13H,8-11H2,1-7H3,(H,17,18). The average molecular weight is 280 g/mol. The molecular weight excluding hydrogens is 248 g/mol. The smallest absolute Gasteiger partial charge is 0.194 e. The predicted octanol–water partition coefficient (Wildman–Crippen LogP) is 2.02. The van der Waals surface area contributed by atoms with Crippen LogP contribution in [-0.4, -0.2) is 61.6 Å². The highest BCUT2D eigenvalue weighted by molar-refractivity contribution is 5.82. The lowest BCUT2D eigenvalue weighted by atomic mass is 9.65. The fraction of sp³-hybridized carbons (Fsp3) is 0.938. The third kappa shape index (κ3) is 2.67. The first-order valence-electron chi connectivity index (χ1n) is 7.85. The molecule has 0 aromatic carbocycles. The molecule has 0 bridgehead atoms. The zero-order valence-corrected chi connectivity index (χ0v) is 14.3. The Morgan fingerprint density at radius 3 is 2.25 bits per heavy atom. The maximum atomic E-state index is 4.50. The molecule has 4 nitrogen and oxygen atoms in total. The Hall–Kier alpha value is -0.770. The van der Waals surface area contributed by atoms with E-state index in [2.05, 4.69) is 61.9 Å². The number of likely N-dealkylation sites (N-methyl/N-ethyl adjacent to an activating group) is 1. The lowest BCUT2D eigenvalue weighted by Gasteiger charge is -2.62. The molecule has 2 fully saturated rings. The van der Waals surface area contributed by atoms with E-state index in [0.29, 0.717) is 11.5 Å². The van der Waals surface area contributed by atoms with Crippen LogP contribution in [0.4, 0.5) is 0 Å². The van der Waals surface area contributed by atoms with Crippen molar-refractivity contribution in [2.75, 3.05) is 34.2 Å². The van der Waals surface area contributed by atoms with Crippen LogP contribution in [0.1, 0.15) is 40.5 Å². The van der Waals surface area contributed by atoms with Crippen LogP contribution in [-0.2, 0) is 0 Å². The van der Waals surface area contributed by atoms with Crippen LogP contribution in [0.25, 0.3) is 0 Å². The van der Waals surface area contributed by atoms with Crippen molar-refractivity contribution in [2.45, 2.75) is 52.1 Å². The van der Waals surface area contributed by atoms with Crippen molar-refractivity contribution < 1.29 is 0 Å². The van der Waals surface area contributed by atoms with Gasteiger partial charge in [0.05, 0.1) is 0 Å². The first kappa shape index (κ1) is 15.6. The Morgan fingerprint density at radius 2 is 1.90 bits per heavy atom. The molecule has 0 aromatic rings. The van der Waals surface area contributed by atoms with Gasteiger partial charge < -0.3 is 15.1 Å². The molecule has 2 aliphatic rings. The van der Waals surface area contributed by atoms with E-state index >= 15 is 0 Å². The van der Waals surface area contributed by atoms with Crippen molar-refractivity contribution in [1.82, 2.24) is 15.1 Å². The molecule has 0 radical (unpaired) electrons. The lowest BCUT2D eigenvalue weighted by molar-refractivity contribution is -0.0668. The van der Waals surface area contributed by atoms with Gasteiger partial charge in [0.2, 0.25) is 0 Å². The number of hydrogen-bond acceptors (Lipinski definition) is 2. The number of aliphatic imine (C=N–C) groups is 1. The van der Waals surface area contributed by atoms with Crippen molar-refractivity contribution in [2.24, 2.45) is 16.3 Å². The number of nitrogens with one attached hydrogen (secondary N) is 1. The minimum atomic E-state index is 0.169. The first-order valence-corrected chi connectivity index (χ1v) is 7.85. The molecule has 20 heavy (non-hydrogen) atoms. The summed E-state index contributed by atoms with van der Waals surface area (Å²) in [6, 6.07) is 0.629. The summed E-state index contributed by atoms with van der Waals surface area (Å²) in [5, 5.41) is 3.60. The molecule has 1 atom stereocenters. The second kappa shape index (κ2) is 5.21. The van der Waals surface area contributed by atoms with Gasteiger partial charge in [-0.2, -0.15) is 0 Å². The highest BCUT2D eigenvalue weighted by Crippen LogP contribution is 2.46. The van der Waals surface area contributed by atoms with Gasteiger partial charge in [-0.15, -0.1) is 0 Å². The summed E-state index contributed by atoms with van der Waals surface area (Å²) in [5.74, 6) is 1.93. The number of hydrogen-bond donors (Lipinski definition) is 1. The Bertz CT molecular complexity index is 378. The van der Waals surface area contributed by atoms with Gasteiger partial charge in [0.15, 0.2) is 5.96 Å². The molecule has 1 N–H and O–H groups in total. The zero-order chi connectivity index (χ0) is 15.1. The molecule has 1 heterocycles. The van der Waals surface area contributed by atoms with Crippen LogP contribution in [0, 0.1) is 11.3 Å². The first-order chi connectivity index (χ1) is 9.20. The van der Waals surface area contributed by atoms with Gasteiger partial charge in [0, 0.05) is 37.1 Å². The summed E-state index contributed by atoms with van der Waals surface area (Å²) in [6.07, 6.45) is 2.76. The maximum absolute atomic E-state index is 4.50. The summed E-state index contributed by atoms with van der Waals surface area (Å²) in [6.45, 7) is 11.4. The molecule has 0 aromatic heterocycles. The van der Waals surface area contributed by atoms with E-state index in [1.165, 1.54) is 12.8 Å². The monoisotopic (exact) mass is 280 g/mol. The minimum absolute atomic E-state index is 0.169. The van der Waals surface area contributed by atoms with Gasteiger partial charge in [-0.3, -0.25) is 4.99 Å². The van der Waals surface area contributed by atoms with E-state index in [1.54, 1.807) is 0 Å². The predicted molar refractivity (Wildman–Crippen MR) is 86.1 cm³/mol. The van der Waals surface area contributed by atoms with Crippen LogP contribution in [0.5, 0.6) is 0 Å². The molecule has 1 saturated heterocycles. The Balaban J connectivity index is 1.94. The van der Waals surface area contributed by atoms with Crippen LogP contribution in [0.2, 0.25) is 0 Å². The molecule has 4 heteroatoms. The van der Waals surface area contributed by atoms with E-state index < -0.39 is 0 Å². The molecule has 1 aliphatic heterocycles. The molecule has 1 unspecified atom stereocenters. The van der Waals surface area contributed by atoms with E-state index in [4.69, 9.17) is 0 Å². The van der Waals surface area contributed by atoms with Crippen molar-refractivity contribution in [3.05, 3.63) is 0 Å². The lowest BCUT2D eigenvalue weighted by Crippen LogP contribution is -2.72. The fourth-order valence-corrected chi connectivity index (χ4v) is 3.14. The normalized spacial score (nSPS) is 26.4. The average Bonchev–Trinajstić information content (AvgIpc) is 3.16. The third-order valence-electron chi connectivity index (χ3n) is 5.65. The van der Waals surface area contributed by atoms with Crippen molar-refractivity contribution in [3.8, 4) is 0 Å². The zero-order valence-electron chi connectivity index (χ0n) is 14.3. The molecule has 1 saturated carbocycles. The second-order valence-corrected chi connectivity index (χ2v) is 7.83. The molecule has 2 rings (SSSR count). The minimum Gasteiger partial charge on any atom is -0.355 e. The Labute approximate surface area is 124 Å². The summed E-state index contributed by atoms with van der Waals surface area (Å²) in [7, 11) is 6.26. The van der Waals surface area contributed by atoms with Crippen LogP contribution in [0.15, 0.2) is 4.99 Å². The van der Waals surface area contributed by atoms with Gasteiger partial charge in [-0.1, -0.05) is 13.8 Å². The van der Waals surface area contributed by atoms with Crippen molar-refractivity contribution in [1.29, 1.82) is 0 Å². The van der Waals surface area contributed by atoms with E-state index in [0.717, 1.165) is 25.0 Å². The van der Waals surface area contributed by atoms with E-state index in [1.807, 2.05) is 7.05 Å². The summed E-state index contributed by atoms with van der Waals surface area (Å²) in [5.41, 5.74) is 0.518. The van der Waals surface area contributed by atoms with E-state index in [-0.39, 0.29) is 5.54 Å². The largest absolute Gasteiger partial charge is 0.355 e. The summed E-state index contributed by atoms with van der Waals surface area (Å²) in [4.78, 5) is 9.25. The highest BCUT2D eigenvalue weighted by atomic mass is 15.4. The SMILES string of the molecule is CN=C(NCC(C1CC1)N(C)C)N1CC(C)(C)C1(C)C. The summed E-state index contributed by atoms with van der Waals surface area (Å²) >= 11 is 0. The number of likely N-dealkylation sites (tertiary alicyclic amines) is 1.